The fourth-order valence-corrected chi connectivity index (χ4v) is 3.92. The number of rotatable bonds is 7. The number of hydrogen-bond donors (Lipinski definition) is 2. The summed E-state index contributed by atoms with van der Waals surface area (Å²) in [4.78, 5) is 39.7. The number of benzene rings is 2. The maximum absolute atomic E-state index is 13.0. The summed E-state index contributed by atoms with van der Waals surface area (Å²) in [6.45, 7) is 3.81. The Kier molecular flexibility index (Phi) is 6.04. The normalized spacial score (nSPS) is 15.6. The van der Waals surface area contributed by atoms with Crippen LogP contribution in [0.3, 0.4) is 0 Å². The van der Waals surface area contributed by atoms with E-state index in [0.717, 1.165) is 4.90 Å². The molecule has 2 unspecified atom stereocenters. The second-order valence-corrected chi connectivity index (χ2v) is 8.82. The van der Waals surface area contributed by atoms with Crippen molar-refractivity contribution in [3.63, 3.8) is 0 Å². The number of sulfonamides is 1. The monoisotopic (exact) mass is 429 g/mol. The minimum Gasteiger partial charge on any atom is -0.350 e. The van der Waals surface area contributed by atoms with E-state index in [0.29, 0.717) is 23.1 Å². The lowest BCUT2D eigenvalue weighted by Gasteiger charge is -2.29. The molecule has 0 saturated carbocycles. The van der Waals surface area contributed by atoms with Crippen molar-refractivity contribution in [2.24, 2.45) is 11.1 Å². The van der Waals surface area contributed by atoms with E-state index >= 15 is 0 Å². The molecule has 9 heteroatoms. The highest BCUT2D eigenvalue weighted by Crippen LogP contribution is 2.28. The average Bonchev–Trinajstić information content (AvgIpc) is 2.97. The minimum atomic E-state index is -3.80. The molecule has 0 spiro atoms. The second kappa shape index (κ2) is 8.37. The van der Waals surface area contributed by atoms with Crippen LogP contribution in [0.5, 0.6) is 0 Å². The van der Waals surface area contributed by atoms with E-state index in [1.54, 1.807) is 36.4 Å². The number of carbonyl (C=O) groups excluding carboxylic acids is 3. The zero-order chi connectivity index (χ0) is 22.1. The number of nitrogens with two attached hydrogens (primary N) is 1. The van der Waals surface area contributed by atoms with Gasteiger partial charge in [-0.25, -0.2) is 13.6 Å². The van der Waals surface area contributed by atoms with Gasteiger partial charge in [0.25, 0.3) is 11.8 Å². The highest BCUT2D eigenvalue weighted by atomic mass is 32.2. The molecule has 0 aromatic heterocycles. The molecule has 0 bridgehead atoms. The van der Waals surface area contributed by atoms with Crippen molar-refractivity contribution in [1.29, 1.82) is 0 Å². The number of nitrogens with zero attached hydrogens (tertiary/aromatic N) is 1. The SMILES string of the molecule is CCC(C)C(C(=O)NCc1ccc(S(N)(=O)=O)cc1)N1C(=O)c2ccccc2C1=O. The highest BCUT2D eigenvalue weighted by molar-refractivity contribution is 7.89. The predicted octanol–water partition coefficient (Wildman–Crippen LogP) is 1.66. The standard InChI is InChI=1S/C21H23N3O5S/c1-3-13(2)18(24-20(26)16-6-4-5-7-17(16)21(24)27)19(25)23-12-14-8-10-15(11-9-14)30(22,28)29/h4-11,13,18H,3,12H2,1-2H3,(H,23,25)(H2,22,28,29). The van der Waals surface area contributed by atoms with Crippen LogP contribution in [0, 0.1) is 5.92 Å². The molecule has 8 nitrogen and oxygen atoms in total. The van der Waals surface area contributed by atoms with Gasteiger partial charge in [-0.15, -0.1) is 0 Å². The van der Waals surface area contributed by atoms with Crippen LogP contribution in [-0.2, 0) is 21.4 Å². The van der Waals surface area contributed by atoms with Crippen LogP contribution in [0.4, 0.5) is 0 Å². The number of carbonyl (C=O) groups is 3. The summed E-state index contributed by atoms with van der Waals surface area (Å²) in [5, 5.41) is 7.83. The maximum atomic E-state index is 13.0. The number of nitrogens with one attached hydrogen (secondary N) is 1. The molecule has 2 aromatic carbocycles. The van der Waals surface area contributed by atoms with E-state index in [1.165, 1.54) is 12.1 Å². The molecule has 2 atom stereocenters. The summed E-state index contributed by atoms with van der Waals surface area (Å²) in [6, 6.07) is 11.4. The van der Waals surface area contributed by atoms with Crippen LogP contribution in [0.1, 0.15) is 46.5 Å². The zero-order valence-electron chi connectivity index (χ0n) is 16.7. The molecule has 0 radical (unpaired) electrons. The maximum Gasteiger partial charge on any atom is 0.262 e. The highest BCUT2D eigenvalue weighted by Gasteiger charge is 2.44. The largest absolute Gasteiger partial charge is 0.350 e. The summed E-state index contributed by atoms with van der Waals surface area (Å²) < 4.78 is 22.7. The summed E-state index contributed by atoms with van der Waals surface area (Å²) in [5.41, 5.74) is 1.24. The molecule has 30 heavy (non-hydrogen) atoms. The fraction of sp³-hybridized carbons (Fsp3) is 0.286. The molecule has 1 aliphatic heterocycles. The van der Waals surface area contributed by atoms with E-state index < -0.39 is 33.8 Å². The lowest BCUT2D eigenvalue weighted by atomic mass is 9.96. The molecule has 0 fully saturated rings. The molecule has 1 heterocycles. The third kappa shape index (κ3) is 4.12. The van der Waals surface area contributed by atoms with Gasteiger partial charge in [0.15, 0.2) is 0 Å². The van der Waals surface area contributed by atoms with Crippen molar-refractivity contribution in [3.05, 3.63) is 65.2 Å². The Morgan fingerprint density at radius 3 is 2.03 bits per heavy atom. The summed E-state index contributed by atoms with van der Waals surface area (Å²) in [5.74, 6) is -1.66. The second-order valence-electron chi connectivity index (χ2n) is 7.26. The quantitative estimate of drug-likeness (QED) is 0.647. The van der Waals surface area contributed by atoms with Gasteiger partial charge in [-0.05, 0) is 35.7 Å². The first-order valence-electron chi connectivity index (χ1n) is 9.51. The topological polar surface area (TPSA) is 127 Å². The van der Waals surface area contributed by atoms with Gasteiger partial charge in [0, 0.05) is 6.54 Å². The number of hydrogen-bond acceptors (Lipinski definition) is 5. The Labute approximate surface area is 175 Å². The van der Waals surface area contributed by atoms with Crippen molar-refractivity contribution in [3.8, 4) is 0 Å². The van der Waals surface area contributed by atoms with Gasteiger partial charge in [-0.1, -0.05) is 44.5 Å². The number of imide groups is 1. The Balaban J connectivity index is 1.79. The van der Waals surface area contributed by atoms with Crippen molar-refractivity contribution >= 4 is 27.7 Å². The fourth-order valence-electron chi connectivity index (χ4n) is 3.40. The predicted molar refractivity (Wildman–Crippen MR) is 110 cm³/mol. The Bertz CT molecular complexity index is 1060. The van der Waals surface area contributed by atoms with Crippen LogP contribution in [0.2, 0.25) is 0 Å². The average molecular weight is 429 g/mol. The van der Waals surface area contributed by atoms with E-state index in [2.05, 4.69) is 5.32 Å². The lowest BCUT2D eigenvalue weighted by Crippen LogP contribution is -2.52. The first-order valence-corrected chi connectivity index (χ1v) is 11.1. The molecule has 158 valence electrons. The van der Waals surface area contributed by atoms with Gasteiger partial charge in [-0.3, -0.25) is 19.3 Å². The van der Waals surface area contributed by atoms with E-state index in [1.807, 2.05) is 13.8 Å². The van der Waals surface area contributed by atoms with Crippen LogP contribution in [0.25, 0.3) is 0 Å². The van der Waals surface area contributed by atoms with Gasteiger partial charge in [-0.2, -0.15) is 0 Å². The van der Waals surface area contributed by atoms with Crippen LogP contribution < -0.4 is 10.5 Å². The minimum absolute atomic E-state index is 0.0268. The van der Waals surface area contributed by atoms with Gasteiger partial charge >= 0.3 is 0 Å². The smallest absolute Gasteiger partial charge is 0.262 e. The van der Waals surface area contributed by atoms with Crippen LogP contribution >= 0.6 is 0 Å². The molecule has 3 N–H and O–H groups in total. The molecule has 0 saturated heterocycles. The lowest BCUT2D eigenvalue weighted by molar-refractivity contribution is -0.126. The molecule has 3 rings (SSSR count). The first kappa shape index (κ1) is 21.7. The zero-order valence-corrected chi connectivity index (χ0v) is 17.5. The van der Waals surface area contributed by atoms with Gasteiger partial charge < -0.3 is 5.32 Å². The number of amides is 3. The van der Waals surface area contributed by atoms with Gasteiger partial charge in [0.05, 0.1) is 16.0 Å². The Morgan fingerprint density at radius 2 is 1.57 bits per heavy atom. The molecule has 2 aromatic rings. The van der Waals surface area contributed by atoms with E-state index in [9.17, 15) is 22.8 Å². The van der Waals surface area contributed by atoms with Crippen molar-refractivity contribution in [2.75, 3.05) is 0 Å². The number of primary sulfonamides is 1. The summed E-state index contributed by atoms with van der Waals surface area (Å²) in [7, 11) is -3.80. The Hall–Kier alpha value is -3.04. The van der Waals surface area contributed by atoms with E-state index in [-0.39, 0.29) is 17.4 Å². The van der Waals surface area contributed by atoms with Crippen LogP contribution in [0.15, 0.2) is 53.4 Å². The van der Waals surface area contributed by atoms with Crippen molar-refractivity contribution in [1.82, 2.24) is 10.2 Å². The first-order chi connectivity index (χ1) is 14.1. The molecular weight excluding hydrogens is 406 g/mol. The van der Waals surface area contributed by atoms with Gasteiger partial charge in [0.2, 0.25) is 15.9 Å². The molecule has 3 amide bonds. The summed E-state index contributed by atoms with van der Waals surface area (Å²) in [6.07, 6.45) is 0.592. The van der Waals surface area contributed by atoms with Crippen LogP contribution in [-0.4, -0.2) is 37.1 Å². The molecule has 0 aliphatic carbocycles. The molecule has 1 aliphatic rings. The summed E-state index contributed by atoms with van der Waals surface area (Å²) >= 11 is 0. The van der Waals surface area contributed by atoms with Crippen molar-refractivity contribution in [2.45, 2.75) is 37.8 Å². The molecular formula is C21H23N3O5S. The number of fused-ring (bicyclic) bond motifs is 1. The van der Waals surface area contributed by atoms with Gasteiger partial charge in [0.1, 0.15) is 6.04 Å². The Morgan fingerprint density at radius 1 is 1.03 bits per heavy atom. The van der Waals surface area contributed by atoms with E-state index in [4.69, 9.17) is 5.14 Å². The third-order valence-electron chi connectivity index (χ3n) is 5.27. The third-order valence-corrected chi connectivity index (χ3v) is 6.20. The van der Waals surface area contributed by atoms with Crippen molar-refractivity contribution < 1.29 is 22.8 Å².